The number of halogens is 2. The second-order valence-corrected chi connectivity index (χ2v) is 10.0. The minimum Gasteiger partial charge on any atom is -0.370 e. The van der Waals surface area contributed by atoms with Gasteiger partial charge in [-0.05, 0) is 55.6 Å². The van der Waals surface area contributed by atoms with Gasteiger partial charge in [0.25, 0.3) is 0 Å². The van der Waals surface area contributed by atoms with E-state index in [2.05, 4.69) is 14.7 Å². The van der Waals surface area contributed by atoms with Gasteiger partial charge in [-0.3, -0.25) is 14.6 Å². The van der Waals surface area contributed by atoms with Crippen LogP contribution in [0.25, 0.3) is 0 Å². The van der Waals surface area contributed by atoms with E-state index >= 15 is 0 Å². The maximum Gasteiger partial charge on any atom is 0.206 e. The lowest BCUT2D eigenvalue weighted by Gasteiger charge is -2.39. The molecular weight excluding hydrogens is 470 g/mol. The molecule has 0 atom stereocenters. The van der Waals surface area contributed by atoms with Gasteiger partial charge < -0.3 is 9.80 Å². The smallest absolute Gasteiger partial charge is 0.206 e. The molecule has 196 valence electrons. The van der Waals surface area contributed by atoms with E-state index in [0.717, 1.165) is 56.0 Å². The maximum absolute atomic E-state index is 13.6. The monoisotopic (exact) mass is 506 g/mol. The average Bonchev–Trinajstić information content (AvgIpc) is 3.07. The van der Waals surface area contributed by atoms with Gasteiger partial charge >= 0.3 is 0 Å². The minimum absolute atomic E-state index is 0.0733. The number of likely N-dealkylation sites (N-methyl/N-ethyl adjacent to an activating group) is 2. The summed E-state index contributed by atoms with van der Waals surface area (Å²) in [5.74, 6) is -0.551. The summed E-state index contributed by atoms with van der Waals surface area (Å²) < 4.78 is 27.2. The van der Waals surface area contributed by atoms with E-state index in [1.54, 1.807) is 24.3 Å². The zero-order chi connectivity index (χ0) is 26.4. The third-order valence-electron chi connectivity index (χ3n) is 7.02. The Hall–Kier alpha value is -3.13. The van der Waals surface area contributed by atoms with Crippen LogP contribution in [0.2, 0.25) is 0 Å². The van der Waals surface area contributed by atoms with Gasteiger partial charge in [-0.1, -0.05) is 42.5 Å². The fourth-order valence-electron chi connectivity index (χ4n) is 4.85. The van der Waals surface area contributed by atoms with Crippen molar-refractivity contribution in [1.82, 2.24) is 14.7 Å². The molecule has 0 amide bonds. The van der Waals surface area contributed by atoms with Gasteiger partial charge in [0.2, 0.25) is 5.43 Å². The number of piperazine rings is 1. The summed E-state index contributed by atoms with van der Waals surface area (Å²) >= 11 is 0. The van der Waals surface area contributed by atoms with Gasteiger partial charge in [0, 0.05) is 58.4 Å². The SMILES string of the molecule is CN(C)CCN(C)c1ccccc(CN2CCN(C(c3ccc(F)cc3)c3ccc(F)cc3)CC2)c1=O. The lowest BCUT2D eigenvalue weighted by atomic mass is 9.96. The number of hydrogen-bond acceptors (Lipinski definition) is 5. The van der Waals surface area contributed by atoms with Crippen molar-refractivity contribution in [2.45, 2.75) is 12.6 Å². The molecule has 1 fully saturated rings. The molecule has 3 aromatic carbocycles. The van der Waals surface area contributed by atoms with Gasteiger partial charge in [-0.2, -0.15) is 0 Å². The quantitative estimate of drug-likeness (QED) is 0.434. The lowest BCUT2D eigenvalue weighted by Crippen LogP contribution is -2.47. The zero-order valence-corrected chi connectivity index (χ0v) is 21.9. The Balaban J connectivity index is 1.48. The van der Waals surface area contributed by atoms with E-state index in [0.29, 0.717) is 12.2 Å². The van der Waals surface area contributed by atoms with Crippen molar-refractivity contribution in [2.75, 3.05) is 65.3 Å². The molecule has 0 radical (unpaired) electrons. The third kappa shape index (κ3) is 7.01. The molecule has 0 bridgehead atoms. The summed E-state index contributed by atoms with van der Waals surface area (Å²) in [6.45, 7) is 5.39. The first-order valence-electron chi connectivity index (χ1n) is 12.8. The third-order valence-corrected chi connectivity index (χ3v) is 7.02. The van der Waals surface area contributed by atoms with Crippen LogP contribution in [0.4, 0.5) is 14.5 Å². The Bertz CT molecular complexity index is 1160. The Morgan fingerprint density at radius 1 is 0.757 bits per heavy atom. The minimum atomic E-state index is -0.275. The molecular formula is C30H36F2N4O. The van der Waals surface area contributed by atoms with Crippen molar-refractivity contribution in [3.63, 3.8) is 0 Å². The molecule has 3 aromatic rings. The summed E-state index contributed by atoms with van der Waals surface area (Å²) in [4.78, 5) is 22.2. The topological polar surface area (TPSA) is 30.0 Å². The van der Waals surface area contributed by atoms with Gasteiger partial charge in [0.1, 0.15) is 11.6 Å². The molecule has 1 heterocycles. The molecule has 0 N–H and O–H groups in total. The zero-order valence-electron chi connectivity index (χ0n) is 21.9. The molecule has 4 rings (SSSR count). The number of nitrogens with zero attached hydrogens (tertiary/aromatic N) is 4. The summed E-state index contributed by atoms with van der Waals surface area (Å²) in [6, 6.07) is 20.7. The fraction of sp³-hybridized carbons (Fsp3) is 0.367. The van der Waals surface area contributed by atoms with Crippen molar-refractivity contribution in [1.29, 1.82) is 0 Å². The van der Waals surface area contributed by atoms with E-state index in [9.17, 15) is 13.6 Å². The number of hydrogen-bond donors (Lipinski definition) is 0. The summed E-state index contributed by atoms with van der Waals surface area (Å²) in [5.41, 5.74) is 3.53. The van der Waals surface area contributed by atoms with Gasteiger partial charge in [-0.15, -0.1) is 0 Å². The Labute approximate surface area is 218 Å². The Kier molecular flexibility index (Phi) is 9.03. The van der Waals surface area contributed by atoms with Crippen LogP contribution in [0, 0.1) is 11.6 Å². The van der Waals surface area contributed by atoms with Crippen molar-refractivity contribution in [3.8, 4) is 0 Å². The van der Waals surface area contributed by atoms with Gasteiger partial charge in [-0.25, -0.2) is 8.78 Å². The highest BCUT2D eigenvalue weighted by Gasteiger charge is 2.27. The van der Waals surface area contributed by atoms with Crippen LogP contribution in [0.5, 0.6) is 0 Å². The summed E-state index contributed by atoms with van der Waals surface area (Å²) in [6.07, 6.45) is 0. The van der Waals surface area contributed by atoms with Crippen molar-refractivity contribution in [2.24, 2.45) is 0 Å². The summed E-state index contributed by atoms with van der Waals surface area (Å²) in [7, 11) is 6.02. The molecule has 0 spiro atoms. The van der Waals surface area contributed by atoms with E-state index in [4.69, 9.17) is 0 Å². The Morgan fingerprint density at radius 3 is 1.84 bits per heavy atom. The average molecular weight is 507 g/mol. The van der Waals surface area contributed by atoms with Crippen LogP contribution in [0.1, 0.15) is 22.7 Å². The molecule has 5 nitrogen and oxygen atoms in total. The first-order chi connectivity index (χ1) is 17.8. The fourth-order valence-corrected chi connectivity index (χ4v) is 4.85. The first-order valence-corrected chi connectivity index (χ1v) is 12.8. The molecule has 1 aliphatic heterocycles. The number of benzene rings is 2. The molecule has 7 heteroatoms. The second kappa shape index (κ2) is 12.4. The maximum atomic E-state index is 13.6. The van der Waals surface area contributed by atoms with Crippen molar-refractivity contribution < 1.29 is 8.78 Å². The van der Waals surface area contributed by atoms with Crippen LogP contribution in [-0.4, -0.2) is 75.1 Å². The van der Waals surface area contributed by atoms with Gasteiger partial charge in [0.15, 0.2) is 0 Å². The predicted octanol–water partition coefficient (Wildman–Crippen LogP) is 4.23. The van der Waals surface area contributed by atoms with E-state index < -0.39 is 0 Å². The highest BCUT2D eigenvalue weighted by Crippen LogP contribution is 2.30. The van der Waals surface area contributed by atoms with Crippen LogP contribution in [0.15, 0.2) is 77.6 Å². The number of anilines is 1. The molecule has 0 aliphatic carbocycles. The van der Waals surface area contributed by atoms with Crippen molar-refractivity contribution >= 4 is 5.69 Å². The molecule has 0 unspecified atom stereocenters. The largest absolute Gasteiger partial charge is 0.370 e. The molecule has 37 heavy (non-hydrogen) atoms. The predicted molar refractivity (Wildman–Crippen MR) is 146 cm³/mol. The lowest BCUT2D eigenvalue weighted by molar-refractivity contribution is 0.104. The highest BCUT2D eigenvalue weighted by atomic mass is 19.1. The van der Waals surface area contributed by atoms with Crippen molar-refractivity contribution in [3.05, 3.63) is 111 Å². The standard InChI is InChI=1S/C30H36F2N4O/c1-33(2)16-17-34(3)28-7-5-4-6-25(30(28)37)22-35-18-20-36(21-19-35)29(23-8-12-26(31)13-9-23)24-10-14-27(32)15-11-24/h4-15,29H,16-22H2,1-3H3. The van der Waals surface area contributed by atoms with Crippen LogP contribution >= 0.6 is 0 Å². The number of rotatable bonds is 9. The normalized spacial score (nSPS) is 14.9. The molecule has 1 aliphatic rings. The Morgan fingerprint density at radius 2 is 1.30 bits per heavy atom. The molecule has 0 aromatic heterocycles. The van der Waals surface area contributed by atoms with E-state index in [1.807, 2.05) is 50.3 Å². The summed E-state index contributed by atoms with van der Waals surface area (Å²) in [5, 5.41) is 0. The van der Waals surface area contributed by atoms with Gasteiger partial charge in [0.05, 0.1) is 11.7 Å². The van der Waals surface area contributed by atoms with Crippen LogP contribution < -0.4 is 10.3 Å². The van der Waals surface area contributed by atoms with E-state index in [-0.39, 0.29) is 23.1 Å². The second-order valence-electron chi connectivity index (χ2n) is 10.0. The molecule has 0 saturated carbocycles. The van der Waals surface area contributed by atoms with Crippen LogP contribution in [0.3, 0.4) is 0 Å². The van der Waals surface area contributed by atoms with E-state index in [1.165, 1.54) is 24.3 Å². The molecule has 1 saturated heterocycles. The highest BCUT2D eigenvalue weighted by molar-refractivity contribution is 5.47. The van der Waals surface area contributed by atoms with Crippen LogP contribution in [-0.2, 0) is 6.54 Å². The first kappa shape index (κ1) is 26.9.